The SMILES string of the molecule is CNC(C)(C)c1nc(C)cc(-c2ccc(C)c(C)c2)n1. The summed E-state index contributed by atoms with van der Waals surface area (Å²) in [6.07, 6.45) is 0. The Morgan fingerprint density at radius 3 is 2.25 bits per heavy atom. The lowest BCUT2D eigenvalue weighted by Crippen LogP contribution is -2.35. The van der Waals surface area contributed by atoms with E-state index in [1.807, 2.05) is 20.0 Å². The predicted octanol–water partition coefficient (Wildman–Crippen LogP) is 3.52. The van der Waals surface area contributed by atoms with Crippen molar-refractivity contribution < 1.29 is 0 Å². The van der Waals surface area contributed by atoms with Crippen LogP contribution >= 0.6 is 0 Å². The van der Waals surface area contributed by atoms with E-state index in [9.17, 15) is 0 Å². The third kappa shape index (κ3) is 2.88. The average Bonchev–Trinajstić information content (AvgIpc) is 2.41. The van der Waals surface area contributed by atoms with Crippen molar-refractivity contribution in [2.75, 3.05) is 7.05 Å². The lowest BCUT2D eigenvalue weighted by molar-refractivity contribution is 0.416. The summed E-state index contributed by atoms with van der Waals surface area (Å²) in [5.41, 5.74) is 5.47. The predicted molar refractivity (Wildman–Crippen MR) is 83.8 cm³/mol. The Kier molecular flexibility index (Phi) is 3.91. The number of rotatable bonds is 3. The Bertz CT molecular complexity index is 630. The van der Waals surface area contributed by atoms with Crippen LogP contribution in [0.3, 0.4) is 0 Å². The standard InChI is InChI=1S/C17H23N3/c1-11-7-8-14(9-12(11)2)15-10-13(3)19-16(20-15)17(4,5)18-6/h7-10,18H,1-6H3. The first-order valence-electron chi connectivity index (χ1n) is 6.96. The van der Waals surface area contributed by atoms with Crippen LogP contribution in [0.4, 0.5) is 0 Å². The summed E-state index contributed by atoms with van der Waals surface area (Å²) in [6.45, 7) is 10.4. The van der Waals surface area contributed by atoms with Crippen LogP contribution in [0.25, 0.3) is 11.3 Å². The molecule has 0 saturated carbocycles. The van der Waals surface area contributed by atoms with Gasteiger partial charge in [0.2, 0.25) is 0 Å². The van der Waals surface area contributed by atoms with E-state index in [-0.39, 0.29) is 5.54 Å². The van der Waals surface area contributed by atoms with Crippen molar-refractivity contribution in [2.24, 2.45) is 0 Å². The second kappa shape index (κ2) is 5.33. The molecule has 3 nitrogen and oxygen atoms in total. The molecule has 1 aromatic heterocycles. The van der Waals surface area contributed by atoms with Crippen molar-refractivity contribution in [1.82, 2.24) is 15.3 Å². The monoisotopic (exact) mass is 269 g/mol. The summed E-state index contributed by atoms with van der Waals surface area (Å²) in [5.74, 6) is 0.827. The van der Waals surface area contributed by atoms with E-state index >= 15 is 0 Å². The normalized spacial score (nSPS) is 11.7. The molecule has 0 amide bonds. The van der Waals surface area contributed by atoms with E-state index < -0.39 is 0 Å². The highest BCUT2D eigenvalue weighted by Gasteiger charge is 2.22. The summed E-state index contributed by atoms with van der Waals surface area (Å²) in [7, 11) is 1.93. The summed E-state index contributed by atoms with van der Waals surface area (Å²) in [5, 5.41) is 3.26. The van der Waals surface area contributed by atoms with Gasteiger partial charge in [-0.3, -0.25) is 0 Å². The van der Waals surface area contributed by atoms with Crippen LogP contribution in [0, 0.1) is 20.8 Å². The number of hydrogen-bond donors (Lipinski definition) is 1. The third-order valence-electron chi connectivity index (χ3n) is 3.84. The Balaban J connectivity index is 2.55. The fourth-order valence-electron chi connectivity index (χ4n) is 2.01. The van der Waals surface area contributed by atoms with Crippen LogP contribution < -0.4 is 5.32 Å². The van der Waals surface area contributed by atoms with E-state index in [2.05, 4.69) is 56.2 Å². The third-order valence-corrected chi connectivity index (χ3v) is 3.84. The van der Waals surface area contributed by atoms with Crippen molar-refractivity contribution >= 4 is 0 Å². The molecule has 1 heterocycles. The van der Waals surface area contributed by atoms with Gasteiger partial charge in [-0.05, 0) is 64.9 Å². The number of hydrogen-bond acceptors (Lipinski definition) is 3. The highest BCUT2D eigenvalue weighted by Crippen LogP contribution is 2.24. The smallest absolute Gasteiger partial charge is 0.148 e. The molecule has 1 aromatic carbocycles. The fraction of sp³-hybridized carbons (Fsp3) is 0.412. The minimum atomic E-state index is -0.236. The molecule has 0 unspecified atom stereocenters. The Morgan fingerprint density at radius 1 is 0.950 bits per heavy atom. The molecule has 0 bridgehead atoms. The van der Waals surface area contributed by atoms with Gasteiger partial charge >= 0.3 is 0 Å². The molecule has 0 spiro atoms. The molecule has 1 N–H and O–H groups in total. The molecule has 0 aliphatic rings. The van der Waals surface area contributed by atoms with Gasteiger partial charge in [0.1, 0.15) is 5.82 Å². The summed E-state index contributed by atoms with van der Waals surface area (Å²) in [4.78, 5) is 9.31. The molecule has 0 aliphatic heterocycles. The molecule has 20 heavy (non-hydrogen) atoms. The topological polar surface area (TPSA) is 37.8 Å². The van der Waals surface area contributed by atoms with Gasteiger partial charge in [-0.1, -0.05) is 12.1 Å². The Hall–Kier alpha value is -1.74. The van der Waals surface area contributed by atoms with Gasteiger partial charge in [0.05, 0.1) is 11.2 Å². The molecule has 0 radical (unpaired) electrons. The first-order chi connectivity index (χ1) is 9.33. The zero-order valence-electron chi connectivity index (χ0n) is 13.2. The van der Waals surface area contributed by atoms with Crippen molar-refractivity contribution in [2.45, 2.75) is 40.2 Å². The zero-order valence-corrected chi connectivity index (χ0v) is 13.2. The van der Waals surface area contributed by atoms with Crippen molar-refractivity contribution in [3.05, 3.63) is 46.9 Å². The van der Waals surface area contributed by atoms with Crippen LogP contribution in [0.5, 0.6) is 0 Å². The van der Waals surface area contributed by atoms with E-state index in [1.54, 1.807) is 0 Å². The Morgan fingerprint density at radius 2 is 1.65 bits per heavy atom. The molecule has 0 fully saturated rings. The maximum Gasteiger partial charge on any atom is 0.148 e. The largest absolute Gasteiger partial charge is 0.308 e. The second-order valence-corrected chi connectivity index (χ2v) is 5.89. The summed E-state index contributed by atoms with van der Waals surface area (Å²) in [6, 6.07) is 8.50. The van der Waals surface area contributed by atoms with E-state index in [0.29, 0.717) is 0 Å². The van der Waals surface area contributed by atoms with Gasteiger partial charge in [-0.25, -0.2) is 9.97 Å². The molecule has 0 atom stereocenters. The van der Waals surface area contributed by atoms with Crippen molar-refractivity contribution in [3.63, 3.8) is 0 Å². The van der Waals surface area contributed by atoms with Crippen LogP contribution in [0.15, 0.2) is 24.3 Å². The van der Waals surface area contributed by atoms with Crippen molar-refractivity contribution in [1.29, 1.82) is 0 Å². The van der Waals surface area contributed by atoms with E-state index in [4.69, 9.17) is 4.98 Å². The van der Waals surface area contributed by atoms with Gasteiger partial charge in [-0.2, -0.15) is 0 Å². The lowest BCUT2D eigenvalue weighted by Gasteiger charge is -2.23. The van der Waals surface area contributed by atoms with Gasteiger partial charge in [0, 0.05) is 11.3 Å². The van der Waals surface area contributed by atoms with E-state index in [0.717, 1.165) is 22.8 Å². The molecule has 0 saturated heterocycles. The second-order valence-electron chi connectivity index (χ2n) is 5.89. The summed E-state index contributed by atoms with van der Waals surface area (Å²) < 4.78 is 0. The first kappa shape index (κ1) is 14.7. The molecule has 2 rings (SSSR count). The van der Waals surface area contributed by atoms with Gasteiger partial charge in [0.15, 0.2) is 0 Å². The molecule has 3 heteroatoms. The molecule has 0 aliphatic carbocycles. The van der Waals surface area contributed by atoms with Crippen molar-refractivity contribution in [3.8, 4) is 11.3 Å². The average molecular weight is 269 g/mol. The maximum atomic E-state index is 4.74. The Labute approximate surface area is 121 Å². The molecular weight excluding hydrogens is 246 g/mol. The number of aryl methyl sites for hydroxylation is 3. The quantitative estimate of drug-likeness (QED) is 0.926. The lowest BCUT2D eigenvalue weighted by atomic mass is 10.0. The minimum Gasteiger partial charge on any atom is -0.308 e. The molecule has 106 valence electrons. The number of nitrogens with one attached hydrogen (secondary N) is 1. The number of nitrogens with zero attached hydrogens (tertiary/aromatic N) is 2. The first-order valence-corrected chi connectivity index (χ1v) is 6.96. The number of benzene rings is 1. The zero-order chi connectivity index (χ0) is 14.9. The van der Waals surface area contributed by atoms with Gasteiger partial charge in [-0.15, -0.1) is 0 Å². The van der Waals surface area contributed by atoms with Crippen LogP contribution in [-0.2, 0) is 5.54 Å². The van der Waals surface area contributed by atoms with Crippen LogP contribution in [0.1, 0.15) is 36.5 Å². The number of aromatic nitrogens is 2. The fourth-order valence-corrected chi connectivity index (χ4v) is 2.01. The van der Waals surface area contributed by atoms with Gasteiger partial charge < -0.3 is 5.32 Å². The highest BCUT2D eigenvalue weighted by molar-refractivity contribution is 5.61. The van der Waals surface area contributed by atoms with E-state index in [1.165, 1.54) is 11.1 Å². The molecule has 2 aromatic rings. The molecular formula is C17H23N3. The highest BCUT2D eigenvalue weighted by atomic mass is 15.0. The summed E-state index contributed by atoms with van der Waals surface area (Å²) >= 11 is 0. The van der Waals surface area contributed by atoms with Crippen LogP contribution in [-0.4, -0.2) is 17.0 Å². The van der Waals surface area contributed by atoms with Gasteiger partial charge in [0.25, 0.3) is 0 Å². The minimum absolute atomic E-state index is 0.236. The van der Waals surface area contributed by atoms with Crippen LogP contribution in [0.2, 0.25) is 0 Å². The maximum absolute atomic E-state index is 4.74.